The number of hydrogen-bond acceptors (Lipinski definition) is 7. The van der Waals surface area contributed by atoms with Crippen LogP contribution in [0.15, 0.2) is 59.5 Å². The van der Waals surface area contributed by atoms with Gasteiger partial charge in [-0.2, -0.15) is 0 Å². The maximum Gasteiger partial charge on any atom is 0.247 e. The molecule has 8 heteroatoms. The third kappa shape index (κ3) is 5.66. The Morgan fingerprint density at radius 1 is 0.886 bits per heavy atom. The Bertz CT molecular complexity index is 1460. The van der Waals surface area contributed by atoms with Crippen LogP contribution in [0.25, 0.3) is 22.2 Å². The zero-order valence-electron chi connectivity index (χ0n) is 20.8. The van der Waals surface area contributed by atoms with Gasteiger partial charge in [0.05, 0.1) is 16.2 Å². The summed E-state index contributed by atoms with van der Waals surface area (Å²) in [4.78, 5) is 6.93. The Morgan fingerprint density at radius 3 is 2.31 bits per heavy atom. The predicted octanol–water partition coefficient (Wildman–Crippen LogP) is 5.09. The van der Waals surface area contributed by atoms with Crippen LogP contribution in [0.2, 0.25) is 0 Å². The van der Waals surface area contributed by atoms with Gasteiger partial charge in [-0.1, -0.05) is 24.3 Å². The lowest BCUT2D eigenvalue weighted by Crippen LogP contribution is -2.17. The molecule has 1 heterocycles. The monoisotopic (exact) mass is 489 g/mol. The van der Waals surface area contributed by atoms with Crippen LogP contribution in [0.5, 0.6) is 0 Å². The summed E-state index contributed by atoms with van der Waals surface area (Å²) < 4.78 is 25.5. The van der Waals surface area contributed by atoms with Crippen molar-refractivity contribution in [2.75, 3.05) is 31.7 Å². The molecule has 4 aromatic rings. The summed E-state index contributed by atoms with van der Waals surface area (Å²) in [6.07, 6.45) is 0.577. The van der Waals surface area contributed by atoms with Gasteiger partial charge in [-0.05, 0) is 106 Å². The summed E-state index contributed by atoms with van der Waals surface area (Å²) in [5.41, 5.74) is 7.77. The van der Waals surface area contributed by atoms with Crippen LogP contribution in [-0.4, -0.2) is 54.9 Å². The van der Waals surface area contributed by atoms with Gasteiger partial charge in [0.2, 0.25) is 5.95 Å². The van der Waals surface area contributed by atoms with Crippen LogP contribution in [0.4, 0.5) is 11.6 Å². The van der Waals surface area contributed by atoms with E-state index in [0.29, 0.717) is 23.6 Å². The highest BCUT2D eigenvalue weighted by Crippen LogP contribution is 2.31. The Labute approximate surface area is 207 Å². The van der Waals surface area contributed by atoms with E-state index in [0.717, 1.165) is 23.2 Å². The molecule has 182 valence electrons. The van der Waals surface area contributed by atoms with Gasteiger partial charge >= 0.3 is 0 Å². The number of nitrogens with zero attached hydrogens (tertiary/aromatic N) is 4. The number of hydrogen-bond donors (Lipinski definition) is 1. The van der Waals surface area contributed by atoms with E-state index in [1.807, 2.05) is 32.0 Å². The second-order valence-corrected chi connectivity index (χ2v) is 11.3. The Morgan fingerprint density at radius 2 is 1.60 bits per heavy atom. The van der Waals surface area contributed by atoms with E-state index >= 15 is 0 Å². The highest BCUT2D eigenvalue weighted by Gasteiger charge is 2.16. The molecule has 0 bridgehead atoms. The van der Waals surface area contributed by atoms with Crippen molar-refractivity contribution in [2.45, 2.75) is 32.1 Å². The van der Waals surface area contributed by atoms with Crippen molar-refractivity contribution < 1.29 is 8.42 Å². The number of rotatable bonds is 8. The fourth-order valence-corrected chi connectivity index (χ4v) is 5.60. The van der Waals surface area contributed by atoms with Crippen molar-refractivity contribution in [1.29, 1.82) is 0 Å². The smallest absolute Gasteiger partial charge is 0.247 e. The van der Waals surface area contributed by atoms with Crippen molar-refractivity contribution in [2.24, 2.45) is 0 Å². The number of fused-ring (bicyclic) bond motifs is 1. The van der Waals surface area contributed by atoms with E-state index in [1.54, 1.807) is 24.3 Å². The van der Waals surface area contributed by atoms with Crippen LogP contribution >= 0.6 is 0 Å². The lowest BCUT2D eigenvalue weighted by molar-refractivity contribution is 0.408. The molecular weight excluding hydrogens is 458 g/mol. The molecule has 0 atom stereocenters. The van der Waals surface area contributed by atoms with Gasteiger partial charge in [-0.3, -0.25) is 0 Å². The van der Waals surface area contributed by atoms with Crippen LogP contribution < -0.4 is 5.32 Å². The van der Waals surface area contributed by atoms with Crippen LogP contribution in [0.1, 0.15) is 23.1 Å². The lowest BCUT2D eigenvalue weighted by Gasteiger charge is -2.13. The molecule has 0 saturated heterocycles. The molecule has 0 fully saturated rings. The van der Waals surface area contributed by atoms with Crippen molar-refractivity contribution in [3.05, 3.63) is 71.3 Å². The van der Waals surface area contributed by atoms with E-state index < -0.39 is 9.84 Å². The normalized spacial score (nSPS) is 11.8. The van der Waals surface area contributed by atoms with Gasteiger partial charge in [0.1, 0.15) is 5.52 Å². The van der Waals surface area contributed by atoms with E-state index in [2.05, 4.69) is 58.6 Å². The van der Waals surface area contributed by atoms with E-state index in [4.69, 9.17) is 0 Å². The van der Waals surface area contributed by atoms with Gasteiger partial charge < -0.3 is 10.2 Å². The topological polar surface area (TPSA) is 88.1 Å². The zero-order chi connectivity index (χ0) is 25.2. The molecule has 7 nitrogen and oxygen atoms in total. The standard InChI is InChI=1S/C27H31N5O2S/c1-18-9-6-10-19(2)25(18)21-15-20(3)26-24(16-21)30-31-27(29-26)28-22-11-7-12-23(17-22)35(33,34)14-8-13-32(4)5/h6-7,9-12,15-17H,8,13-14H2,1-5H3,(H,28,29,31). The first kappa shape index (κ1) is 24.8. The summed E-state index contributed by atoms with van der Waals surface area (Å²) in [5, 5.41) is 11.8. The summed E-state index contributed by atoms with van der Waals surface area (Å²) in [6.45, 7) is 6.95. The summed E-state index contributed by atoms with van der Waals surface area (Å²) in [6, 6.07) is 17.2. The van der Waals surface area contributed by atoms with E-state index in [-0.39, 0.29) is 10.6 Å². The fraction of sp³-hybridized carbons (Fsp3) is 0.296. The first-order valence-corrected chi connectivity index (χ1v) is 13.3. The maximum atomic E-state index is 12.7. The molecule has 1 N–H and O–H groups in total. The average Bonchev–Trinajstić information content (AvgIpc) is 2.79. The molecule has 0 aliphatic rings. The number of nitrogens with one attached hydrogen (secondary N) is 1. The SMILES string of the molecule is Cc1cccc(C)c1-c1cc(C)c2nc(Nc3cccc(S(=O)(=O)CCCN(C)C)c3)nnc2c1. The third-order valence-corrected chi connectivity index (χ3v) is 7.79. The van der Waals surface area contributed by atoms with E-state index in [9.17, 15) is 8.42 Å². The average molecular weight is 490 g/mol. The number of anilines is 2. The Hall–Kier alpha value is -3.36. The maximum absolute atomic E-state index is 12.7. The molecule has 0 aliphatic heterocycles. The molecular formula is C27H31N5O2S. The Kier molecular flexibility index (Phi) is 7.14. The molecule has 4 rings (SSSR count). The fourth-order valence-electron chi connectivity index (χ4n) is 4.26. The molecule has 3 aromatic carbocycles. The molecule has 0 amide bonds. The number of aryl methyl sites for hydroxylation is 3. The van der Waals surface area contributed by atoms with Crippen LogP contribution in [0.3, 0.4) is 0 Å². The number of benzene rings is 3. The number of aromatic nitrogens is 3. The first-order valence-electron chi connectivity index (χ1n) is 11.6. The molecule has 1 aromatic heterocycles. The van der Waals surface area contributed by atoms with Crippen molar-refractivity contribution in [3.63, 3.8) is 0 Å². The summed E-state index contributed by atoms with van der Waals surface area (Å²) in [5.74, 6) is 0.424. The lowest BCUT2D eigenvalue weighted by atomic mass is 9.94. The van der Waals surface area contributed by atoms with Gasteiger partial charge in [-0.15, -0.1) is 10.2 Å². The minimum atomic E-state index is -3.37. The third-order valence-electron chi connectivity index (χ3n) is 5.99. The second-order valence-electron chi connectivity index (χ2n) is 9.19. The molecule has 0 unspecified atom stereocenters. The summed E-state index contributed by atoms with van der Waals surface area (Å²) >= 11 is 0. The largest absolute Gasteiger partial charge is 0.323 e. The molecule has 0 spiro atoms. The number of sulfone groups is 1. The zero-order valence-corrected chi connectivity index (χ0v) is 21.6. The van der Waals surface area contributed by atoms with Crippen molar-refractivity contribution in [1.82, 2.24) is 20.1 Å². The van der Waals surface area contributed by atoms with Gasteiger partial charge in [0.15, 0.2) is 9.84 Å². The molecule has 0 radical (unpaired) electrons. The van der Waals surface area contributed by atoms with E-state index in [1.165, 1.54) is 16.7 Å². The molecule has 0 saturated carbocycles. The first-order chi connectivity index (χ1) is 16.6. The van der Waals surface area contributed by atoms with Gasteiger partial charge in [0, 0.05) is 5.69 Å². The van der Waals surface area contributed by atoms with Crippen LogP contribution in [0, 0.1) is 20.8 Å². The quantitative estimate of drug-likeness (QED) is 0.369. The highest BCUT2D eigenvalue weighted by atomic mass is 32.2. The molecule has 0 aliphatic carbocycles. The minimum Gasteiger partial charge on any atom is -0.323 e. The predicted molar refractivity (Wildman–Crippen MR) is 142 cm³/mol. The van der Waals surface area contributed by atoms with Gasteiger partial charge in [-0.25, -0.2) is 13.4 Å². The second kappa shape index (κ2) is 10.1. The van der Waals surface area contributed by atoms with Crippen molar-refractivity contribution in [3.8, 4) is 11.1 Å². The van der Waals surface area contributed by atoms with Crippen LogP contribution in [-0.2, 0) is 9.84 Å². The van der Waals surface area contributed by atoms with Crippen molar-refractivity contribution >= 4 is 32.5 Å². The Balaban J connectivity index is 1.60. The van der Waals surface area contributed by atoms with Gasteiger partial charge in [0.25, 0.3) is 0 Å². The minimum absolute atomic E-state index is 0.102. The highest BCUT2D eigenvalue weighted by molar-refractivity contribution is 7.91. The molecule has 35 heavy (non-hydrogen) atoms. The summed E-state index contributed by atoms with van der Waals surface area (Å²) in [7, 11) is 0.490.